The summed E-state index contributed by atoms with van der Waals surface area (Å²) in [4.78, 5) is 16.2. The molecule has 0 spiro atoms. The second-order valence-electron chi connectivity index (χ2n) is 4.68. The number of benzene rings is 2. The van der Waals surface area contributed by atoms with Crippen LogP contribution in [-0.2, 0) is 11.2 Å². The molecule has 0 radical (unpaired) electrons. The quantitative estimate of drug-likeness (QED) is 0.751. The Labute approximate surface area is 130 Å². The third kappa shape index (κ3) is 2.83. The molecule has 0 saturated heterocycles. The Morgan fingerprint density at radius 3 is 3.05 bits per heavy atom. The Kier molecular flexibility index (Phi) is 3.86. The molecule has 0 aliphatic carbocycles. The minimum absolute atomic E-state index is 0.0674. The summed E-state index contributed by atoms with van der Waals surface area (Å²) < 4.78 is 15.0. The number of hydrogen-bond acceptors (Lipinski definition) is 3. The lowest BCUT2D eigenvalue weighted by molar-refractivity contribution is -0.115. The van der Waals surface area contributed by atoms with Crippen LogP contribution in [0.15, 0.2) is 41.9 Å². The summed E-state index contributed by atoms with van der Waals surface area (Å²) in [6.07, 6.45) is 5.15. The number of fused-ring (bicyclic) bond motifs is 1. The van der Waals surface area contributed by atoms with Gasteiger partial charge < -0.3 is 5.32 Å². The zero-order valence-electron chi connectivity index (χ0n) is 11.5. The molecule has 1 aromatic heterocycles. The molecule has 0 aliphatic heterocycles. The predicted molar refractivity (Wildman–Crippen MR) is 86.3 cm³/mol. The van der Waals surface area contributed by atoms with Crippen molar-refractivity contribution < 1.29 is 9.18 Å². The molecule has 22 heavy (non-hydrogen) atoms. The van der Waals surface area contributed by atoms with Crippen molar-refractivity contribution in [3.05, 3.63) is 58.9 Å². The minimum atomic E-state index is -0.516. The lowest BCUT2D eigenvalue weighted by Crippen LogP contribution is -2.15. The van der Waals surface area contributed by atoms with Crippen LogP contribution in [0, 0.1) is 18.2 Å². The molecular weight excluding hydrogens is 299 g/mol. The van der Waals surface area contributed by atoms with Gasteiger partial charge in [0.15, 0.2) is 0 Å². The highest BCUT2D eigenvalue weighted by Crippen LogP contribution is 2.22. The van der Waals surface area contributed by atoms with E-state index in [4.69, 9.17) is 6.42 Å². The Morgan fingerprint density at radius 1 is 1.36 bits per heavy atom. The number of halogens is 1. The molecule has 0 unspecified atom stereocenters. The molecule has 1 heterocycles. The van der Waals surface area contributed by atoms with E-state index in [1.165, 1.54) is 17.4 Å². The second kappa shape index (κ2) is 5.96. The van der Waals surface area contributed by atoms with Gasteiger partial charge in [-0.15, -0.1) is 17.8 Å². The first-order valence-electron chi connectivity index (χ1n) is 6.54. The van der Waals surface area contributed by atoms with Gasteiger partial charge in [-0.3, -0.25) is 4.79 Å². The largest absolute Gasteiger partial charge is 0.326 e. The van der Waals surface area contributed by atoms with Crippen LogP contribution in [0.3, 0.4) is 0 Å². The maximum absolute atomic E-state index is 14.0. The Morgan fingerprint density at radius 2 is 2.23 bits per heavy atom. The summed E-state index contributed by atoms with van der Waals surface area (Å²) in [5.41, 5.74) is 3.74. The third-order valence-corrected chi connectivity index (χ3v) is 3.99. The number of carbonyl (C=O) groups excluding carboxylic acids is 1. The van der Waals surface area contributed by atoms with Crippen molar-refractivity contribution in [3.63, 3.8) is 0 Å². The number of terminal acetylenes is 1. The molecule has 0 atom stereocenters. The number of hydrogen-bond donors (Lipinski definition) is 1. The van der Waals surface area contributed by atoms with Crippen molar-refractivity contribution in [1.29, 1.82) is 0 Å². The zero-order valence-corrected chi connectivity index (χ0v) is 12.3. The van der Waals surface area contributed by atoms with Gasteiger partial charge >= 0.3 is 0 Å². The van der Waals surface area contributed by atoms with Crippen molar-refractivity contribution >= 4 is 33.1 Å². The standard InChI is InChI=1S/C17H11FN2OS/c1-2-11-4-3-5-12(17(11)18)8-16(21)20-13-6-7-14-15(9-13)22-10-19-14/h1,3-7,9-10H,8H2,(H,20,21). The summed E-state index contributed by atoms with van der Waals surface area (Å²) in [6.45, 7) is 0. The second-order valence-corrected chi connectivity index (χ2v) is 5.57. The number of rotatable bonds is 3. The highest BCUT2D eigenvalue weighted by atomic mass is 32.1. The number of aromatic nitrogens is 1. The van der Waals surface area contributed by atoms with Crippen LogP contribution >= 0.6 is 11.3 Å². The van der Waals surface area contributed by atoms with Gasteiger partial charge in [-0.25, -0.2) is 9.37 Å². The Bertz CT molecular complexity index is 895. The van der Waals surface area contributed by atoms with Crippen LogP contribution < -0.4 is 5.32 Å². The first-order chi connectivity index (χ1) is 10.7. The average molecular weight is 310 g/mol. The van der Waals surface area contributed by atoms with Crippen LogP contribution in [0.25, 0.3) is 10.2 Å². The van der Waals surface area contributed by atoms with Crippen LogP contribution in [-0.4, -0.2) is 10.9 Å². The van der Waals surface area contributed by atoms with Gasteiger partial charge in [-0.2, -0.15) is 0 Å². The normalized spacial score (nSPS) is 10.4. The first kappa shape index (κ1) is 14.2. The van der Waals surface area contributed by atoms with Crippen LogP contribution in [0.5, 0.6) is 0 Å². The van der Waals surface area contributed by atoms with Gasteiger partial charge in [0.2, 0.25) is 5.91 Å². The van der Waals surface area contributed by atoms with Crippen molar-refractivity contribution in [2.75, 3.05) is 5.32 Å². The molecular formula is C17H11FN2OS. The van der Waals surface area contributed by atoms with E-state index in [1.54, 1.807) is 23.7 Å². The molecule has 1 N–H and O–H groups in total. The summed E-state index contributed by atoms with van der Waals surface area (Å²) in [7, 11) is 0. The van der Waals surface area contributed by atoms with E-state index in [-0.39, 0.29) is 23.5 Å². The number of amides is 1. The van der Waals surface area contributed by atoms with Crippen molar-refractivity contribution in [2.45, 2.75) is 6.42 Å². The molecule has 3 rings (SSSR count). The molecule has 3 nitrogen and oxygen atoms in total. The highest BCUT2D eigenvalue weighted by Gasteiger charge is 2.11. The number of thiazole rings is 1. The fourth-order valence-corrected chi connectivity index (χ4v) is 2.86. The molecule has 5 heteroatoms. The monoisotopic (exact) mass is 310 g/mol. The van der Waals surface area contributed by atoms with Crippen molar-refractivity contribution in [1.82, 2.24) is 4.98 Å². The summed E-state index contributed by atoms with van der Waals surface area (Å²) in [5.74, 6) is 1.45. The molecule has 2 aromatic carbocycles. The molecule has 0 aliphatic rings. The van der Waals surface area contributed by atoms with Crippen LogP contribution in [0.4, 0.5) is 10.1 Å². The van der Waals surface area contributed by atoms with Gasteiger partial charge in [-0.1, -0.05) is 18.1 Å². The lowest BCUT2D eigenvalue weighted by Gasteiger charge is -2.07. The smallest absolute Gasteiger partial charge is 0.228 e. The summed E-state index contributed by atoms with van der Waals surface area (Å²) in [5, 5.41) is 2.76. The molecule has 0 fully saturated rings. The molecule has 0 bridgehead atoms. The van der Waals surface area contributed by atoms with E-state index >= 15 is 0 Å². The lowest BCUT2D eigenvalue weighted by atomic mass is 10.1. The van der Waals surface area contributed by atoms with Gasteiger partial charge in [0, 0.05) is 5.69 Å². The molecule has 0 saturated carbocycles. The van der Waals surface area contributed by atoms with E-state index in [1.807, 2.05) is 12.1 Å². The van der Waals surface area contributed by atoms with Gasteiger partial charge in [0.25, 0.3) is 0 Å². The Balaban J connectivity index is 1.76. The zero-order chi connectivity index (χ0) is 15.5. The van der Waals surface area contributed by atoms with Crippen LogP contribution in [0.1, 0.15) is 11.1 Å². The maximum Gasteiger partial charge on any atom is 0.228 e. The fraction of sp³-hybridized carbons (Fsp3) is 0.0588. The van der Waals surface area contributed by atoms with Crippen molar-refractivity contribution in [2.24, 2.45) is 0 Å². The van der Waals surface area contributed by atoms with E-state index in [0.717, 1.165) is 10.2 Å². The number of nitrogens with one attached hydrogen (secondary N) is 1. The maximum atomic E-state index is 14.0. The summed E-state index contributed by atoms with van der Waals surface area (Å²) >= 11 is 1.50. The SMILES string of the molecule is C#Cc1cccc(CC(=O)Nc2ccc3ncsc3c2)c1F. The molecule has 3 aromatic rings. The van der Waals surface area contributed by atoms with Crippen molar-refractivity contribution in [3.8, 4) is 12.3 Å². The van der Waals surface area contributed by atoms with Gasteiger partial charge in [0.05, 0.1) is 27.7 Å². The van der Waals surface area contributed by atoms with E-state index in [2.05, 4.69) is 16.2 Å². The van der Waals surface area contributed by atoms with E-state index in [9.17, 15) is 9.18 Å². The minimum Gasteiger partial charge on any atom is -0.326 e. The van der Waals surface area contributed by atoms with Crippen LogP contribution in [0.2, 0.25) is 0 Å². The predicted octanol–water partition coefficient (Wildman–Crippen LogP) is 3.60. The number of nitrogens with zero attached hydrogens (tertiary/aromatic N) is 1. The number of carbonyl (C=O) groups is 1. The topological polar surface area (TPSA) is 42.0 Å². The third-order valence-electron chi connectivity index (χ3n) is 3.20. The average Bonchev–Trinajstić information content (AvgIpc) is 2.97. The van der Waals surface area contributed by atoms with Gasteiger partial charge in [0.1, 0.15) is 5.82 Å². The summed E-state index contributed by atoms with van der Waals surface area (Å²) in [6, 6.07) is 10.2. The molecule has 108 valence electrons. The number of anilines is 1. The first-order valence-corrected chi connectivity index (χ1v) is 7.42. The molecule has 1 amide bonds. The van der Waals surface area contributed by atoms with Gasteiger partial charge in [-0.05, 0) is 29.8 Å². The fourth-order valence-electron chi connectivity index (χ4n) is 2.14. The Hall–Kier alpha value is -2.71. The van der Waals surface area contributed by atoms with E-state index in [0.29, 0.717) is 5.69 Å². The highest BCUT2D eigenvalue weighted by molar-refractivity contribution is 7.16. The van der Waals surface area contributed by atoms with E-state index < -0.39 is 5.82 Å².